The minimum atomic E-state index is -0.192. The molecule has 0 bridgehead atoms. The number of aromatic nitrogens is 2. The second kappa shape index (κ2) is 7.45. The minimum Gasteiger partial charge on any atom is -0.398 e. The van der Waals surface area contributed by atoms with Crippen molar-refractivity contribution >= 4 is 11.6 Å². The molecule has 3 rings (SSSR count). The van der Waals surface area contributed by atoms with Crippen molar-refractivity contribution in [3.8, 4) is 17.2 Å². The number of rotatable bonds is 4. The number of hydrogen-bond donors (Lipinski definition) is 2. The van der Waals surface area contributed by atoms with Gasteiger partial charge >= 0.3 is 0 Å². The minimum absolute atomic E-state index is 0.192. The SMILES string of the molecule is Cc1ncc(-c2ccc(N)c(C#N)c2)cc1CNC(=O)c1cccnc1. The van der Waals surface area contributed by atoms with E-state index in [1.165, 1.54) is 6.20 Å². The van der Waals surface area contributed by atoms with Crippen LogP contribution in [0.15, 0.2) is 55.0 Å². The van der Waals surface area contributed by atoms with E-state index in [-0.39, 0.29) is 5.91 Å². The lowest BCUT2D eigenvalue weighted by atomic mass is 10.0. The number of nitrogens with one attached hydrogen (secondary N) is 1. The van der Waals surface area contributed by atoms with E-state index in [1.807, 2.05) is 19.1 Å². The van der Waals surface area contributed by atoms with Gasteiger partial charge in [-0.1, -0.05) is 6.07 Å². The van der Waals surface area contributed by atoms with Gasteiger partial charge in [0.1, 0.15) is 6.07 Å². The van der Waals surface area contributed by atoms with E-state index in [0.717, 1.165) is 22.4 Å². The topological polar surface area (TPSA) is 105 Å². The summed E-state index contributed by atoms with van der Waals surface area (Å²) in [5.74, 6) is -0.192. The second-order valence-corrected chi connectivity index (χ2v) is 5.81. The van der Waals surface area contributed by atoms with Gasteiger partial charge in [-0.2, -0.15) is 5.26 Å². The largest absolute Gasteiger partial charge is 0.398 e. The van der Waals surface area contributed by atoms with E-state index < -0.39 is 0 Å². The van der Waals surface area contributed by atoms with Crippen molar-refractivity contribution < 1.29 is 4.79 Å². The fraction of sp³-hybridized carbons (Fsp3) is 0.100. The van der Waals surface area contributed by atoms with E-state index in [2.05, 4.69) is 21.4 Å². The molecule has 0 aliphatic heterocycles. The number of nitrogens with two attached hydrogens (primary N) is 1. The molecule has 0 fully saturated rings. The summed E-state index contributed by atoms with van der Waals surface area (Å²) in [7, 11) is 0. The van der Waals surface area contributed by atoms with Crippen molar-refractivity contribution in [2.75, 3.05) is 5.73 Å². The molecule has 0 aliphatic carbocycles. The highest BCUT2D eigenvalue weighted by molar-refractivity contribution is 5.93. The van der Waals surface area contributed by atoms with Crippen LogP contribution in [0.4, 0.5) is 5.69 Å². The third-order valence-corrected chi connectivity index (χ3v) is 4.06. The van der Waals surface area contributed by atoms with Gasteiger partial charge in [0.25, 0.3) is 5.91 Å². The van der Waals surface area contributed by atoms with Gasteiger partial charge in [0, 0.05) is 42.1 Å². The first-order chi connectivity index (χ1) is 12.6. The van der Waals surface area contributed by atoms with Gasteiger partial charge < -0.3 is 11.1 Å². The first-order valence-corrected chi connectivity index (χ1v) is 8.02. The Hall–Kier alpha value is -3.72. The predicted molar refractivity (Wildman–Crippen MR) is 98.9 cm³/mol. The zero-order valence-corrected chi connectivity index (χ0v) is 14.2. The van der Waals surface area contributed by atoms with Crippen LogP contribution in [0.3, 0.4) is 0 Å². The molecule has 2 aromatic heterocycles. The first-order valence-electron chi connectivity index (χ1n) is 8.02. The van der Waals surface area contributed by atoms with Gasteiger partial charge in [0.15, 0.2) is 0 Å². The third kappa shape index (κ3) is 3.68. The van der Waals surface area contributed by atoms with Crippen LogP contribution in [0.25, 0.3) is 11.1 Å². The lowest BCUT2D eigenvalue weighted by Gasteiger charge is -2.10. The lowest BCUT2D eigenvalue weighted by molar-refractivity contribution is 0.0950. The van der Waals surface area contributed by atoms with Crippen LogP contribution in [-0.4, -0.2) is 15.9 Å². The number of benzene rings is 1. The fourth-order valence-corrected chi connectivity index (χ4v) is 2.52. The van der Waals surface area contributed by atoms with Crippen LogP contribution in [0, 0.1) is 18.3 Å². The van der Waals surface area contributed by atoms with Crippen LogP contribution < -0.4 is 11.1 Å². The predicted octanol–water partition coefficient (Wildman–Crippen LogP) is 2.84. The van der Waals surface area contributed by atoms with E-state index in [1.54, 1.807) is 36.7 Å². The average Bonchev–Trinajstić information content (AvgIpc) is 2.68. The summed E-state index contributed by atoms with van der Waals surface area (Å²) in [4.78, 5) is 20.5. The molecular weight excluding hydrogens is 326 g/mol. The Kier molecular flexibility index (Phi) is 4.90. The molecule has 0 spiro atoms. The maximum atomic E-state index is 12.2. The first kappa shape index (κ1) is 17.1. The summed E-state index contributed by atoms with van der Waals surface area (Å²) < 4.78 is 0. The third-order valence-electron chi connectivity index (χ3n) is 4.06. The number of carbonyl (C=O) groups excluding carboxylic acids is 1. The molecule has 1 aromatic carbocycles. The number of aryl methyl sites for hydroxylation is 1. The summed E-state index contributed by atoms with van der Waals surface area (Å²) in [5.41, 5.74) is 10.6. The van der Waals surface area contributed by atoms with Crippen molar-refractivity contribution in [2.24, 2.45) is 0 Å². The standard InChI is InChI=1S/C20H17N5O/c1-13-17(11-25-20(26)15-3-2-6-23-10-15)8-18(12-24-13)14-4-5-19(22)16(7-14)9-21/h2-8,10,12H,11,22H2,1H3,(H,25,26). The molecule has 0 atom stereocenters. The van der Waals surface area contributed by atoms with Crippen molar-refractivity contribution in [3.63, 3.8) is 0 Å². The van der Waals surface area contributed by atoms with Gasteiger partial charge in [-0.15, -0.1) is 0 Å². The lowest BCUT2D eigenvalue weighted by Crippen LogP contribution is -2.23. The number of anilines is 1. The number of nitrogen functional groups attached to an aromatic ring is 1. The maximum Gasteiger partial charge on any atom is 0.253 e. The number of carbonyl (C=O) groups is 1. The van der Waals surface area contributed by atoms with Gasteiger partial charge in [-0.05, 0) is 48.4 Å². The molecule has 0 saturated carbocycles. The summed E-state index contributed by atoms with van der Waals surface area (Å²) in [6.45, 7) is 2.24. The van der Waals surface area contributed by atoms with Gasteiger partial charge in [0.2, 0.25) is 0 Å². The summed E-state index contributed by atoms with van der Waals surface area (Å²) in [6.07, 6.45) is 4.89. The molecule has 3 aromatic rings. The normalized spacial score (nSPS) is 10.2. The van der Waals surface area contributed by atoms with E-state index in [0.29, 0.717) is 23.4 Å². The second-order valence-electron chi connectivity index (χ2n) is 5.81. The Balaban J connectivity index is 1.82. The molecule has 1 amide bonds. The van der Waals surface area contributed by atoms with Crippen LogP contribution in [0.1, 0.15) is 27.2 Å². The molecule has 0 radical (unpaired) electrons. The van der Waals surface area contributed by atoms with Gasteiger partial charge in [-0.3, -0.25) is 14.8 Å². The highest BCUT2D eigenvalue weighted by Crippen LogP contribution is 2.24. The molecule has 0 unspecified atom stereocenters. The smallest absolute Gasteiger partial charge is 0.253 e. The maximum absolute atomic E-state index is 12.2. The van der Waals surface area contributed by atoms with Gasteiger partial charge in [0.05, 0.1) is 11.1 Å². The number of pyridine rings is 2. The molecular formula is C20H17N5O. The highest BCUT2D eigenvalue weighted by Gasteiger charge is 2.09. The summed E-state index contributed by atoms with van der Waals surface area (Å²) in [6, 6.07) is 12.8. The Morgan fingerprint density at radius 1 is 1.23 bits per heavy atom. The van der Waals surface area contributed by atoms with Crippen LogP contribution >= 0.6 is 0 Å². The molecule has 2 heterocycles. The molecule has 0 aliphatic rings. The van der Waals surface area contributed by atoms with Crippen LogP contribution in [-0.2, 0) is 6.54 Å². The van der Waals surface area contributed by atoms with E-state index in [9.17, 15) is 4.79 Å². The van der Waals surface area contributed by atoms with Crippen molar-refractivity contribution in [1.82, 2.24) is 15.3 Å². The zero-order valence-electron chi connectivity index (χ0n) is 14.2. The monoisotopic (exact) mass is 343 g/mol. The van der Waals surface area contributed by atoms with Crippen LogP contribution in [0.2, 0.25) is 0 Å². The quantitative estimate of drug-likeness (QED) is 0.709. The Morgan fingerprint density at radius 2 is 2.08 bits per heavy atom. The molecule has 6 heteroatoms. The molecule has 6 nitrogen and oxygen atoms in total. The number of hydrogen-bond acceptors (Lipinski definition) is 5. The summed E-state index contributed by atoms with van der Waals surface area (Å²) >= 11 is 0. The Bertz CT molecular complexity index is 993. The van der Waals surface area contributed by atoms with Crippen LogP contribution in [0.5, 0.6) is 0 Å². The summed E-state index contributed by atoms with van der Waals surface area (Å²) in [5, 5.41) is 12.0. The zero-order chi connectivity index (χ0) is 18.5. The van der Waals surface area contributed by atoms with Crippen molar-refractivity contribution in [3.05, 3.63) is 77.4 Å². The number of nitrogens with zero attached hydrogens (tertiary/aromatic N) is 3. The molecule has 3 N–H and O–H groups in total. The van der Waals surface area contributed by atoms with Crippen molar-refractivity contribution in [2.45, 2.75) is 13.5 Å². The van der Waals surface area contributed by atoms with E-state index >= 15 is 0 Å². The molecule has 0 saturated heterocycles. The number of amides is 1. The van der Waals surface area contributed by atoms with Crippen molar-refractivity contribution in [1.29, 1.82) is 5.26 Å². The number of nitriles is 1. The fourth-order valence-electron chi connectivity index (χ4n) is 2.52. The molecule has 26 heavy (non-hydrogen) atoms. The Labute approximate surface area is 151 Å². The Morgan fingerprint density at radius 3 is 2.81 bits per heavy atom. The van der Waals surface area contributed by atoms with Gasteiger partial charge in [-0.25, -0.2) is 0 Å². The molecule has 128 valence electrons. The average molecular weight is 343 g/mol. The van der Waals surface area contributed by atoms with E-state index in [4.69, 9.17) is 11.0 Å². The highest BCUT2D eigenvalue weighted by atomic mass is 16.1.